The Morgan fingerprint density at radius 3 is 2.57 bits per heavy atom. The van der Waals surface area contributed by atoms with Gasteiger partial charge in [0.05, 0.1) is 24.2 Å². The molecule has 1 aliphatic heterocycles. The Morgan fingerprint density at radius 2 is 1.87 bits per heavy atom. The molecule has 7 heteroatoms. The molecule has 2 aromatic carbocycles. The molecule has 0 N–H and O–H groups in total. The molecule has 0 atom stereocenters. The first-order valence-corrected chi connectivity index (χ1v) is 10.4. The van der Waals surface area contributed by atoms with Crippen molar-refractivity contribution < 1.29 is 13.9 Å². The van der Waals surface area contributed by atoms with E-state index in [2.05, 4.69) is 15.5 Å². The molecule has 1 amide bonds. The SMILES string of the molecule is CCOC(=O)N(C)C1CCN(c2nc3ccccc3n2Cc2ccc(F)cc2)CC1. The second-order valence-electron chi connectivity index (χ2n) is 7.64. The summed E-state index contributed by atoms with van der Waals surface area (Å²) in [4.78, 5) is 20.9. The number of hydrogen-bond acceptors (Lipinski definition) is 4. The number of carbonyl (C=O) groups excluding carboxylic acids is 1. The van der Waals surface area contributed by atoms with Gasteiger partial charge in [0.15, 0.2) is 0 Å². The van der Waals surface area contributed by atoms with Crippen molar-refractivity contribution in [1.29, 1.82) is 0 Å². The van der Waals surface area contributed by atoms with Gasteiger partial charge in [-0.1, -0.05) is 24.3 Å². The van der Waals surface area contributed by atoms with Crippen molar-refractivity contribution in [2.24, 2.45) is 0 Å². The molecular weight excluding hydrogens is 383 g/mol. The molecule has 30 heavy (non-hydrogen) atoms. The highest BCUT2D eigenvalue weighted by atomic mass is 19.1. The normalized spacial score (nSPS) is 14.8. The lowest BCUT2D eigenvalue weighted by atomic mass is 10.0. The molecule has 2 heterocycles. The number of imidazole rings is 1. The van der Waals surface area contributed by atoms with Crippen molar-refractivity contribution in [3.05, 3.63) is 59.9 Å². The number of para-hydroxylation sites is 2. The predicted molar refractivity (Wildman–Crippen MR) is 115 cm³/mol. The van der Waals surface area contributed by atoms with Crippen LogP contribution in [0.3, 0.4) is 0 Å². The summed E-state index contributed by atoms with van der Waals surface area (Å²) in [5, 5.41) is 0. The van der Waals surface area contributed by atoms with E-state index in [4.69, 9.17) is 9.72 Å². The van der Waals surface area contributed by atoms with E-state index in [0.717, 1.165) is 48.5 Å². The van der Waals surface area contributed by atoms with Gasteiger partial charge >= 0.3 is 6.09 Å². The smallest absolute Gasteiger partial charge is 0.409 e. The first-order chi connectivity index (χ1) is 14.6. The van der Waals surface area contributed by atoms with Crippen LogP contribution in [0.5, 0.6) is 0 Å². The van der Waals surface area contributed by atoms with E-state index in [9.17, 15) is 9.18 Å². The summed E-state index contributed by atoms with van der Waals surface area (Å²) in [5.41, 5.74) is 3.03. The third kappa shape index (κ3) is 4.10. The van der Waals surface area contributed by atoms with Gasteiger partial charge in [-0.15, -0.1) is 0 Å². The van der Waals surface area contributed by atoms with Gasteiger partial charge in [-0.05, 0) is 49.6 Å². The van der Waals surface area contributed by atoms with Gasteiger partial charge in [0.1, 0.15) is 5.82 Å². The molecule has 3 aromatic rings. The van der Waals surface area contributed by atoms with E-state index in [1.54, 1.807) is 4.90 Å². The number of piperidine rings is 1. The Balaban J connectivity index is 1.56. The minimum atomic E-state index is -0.264. The van der Waals surface area contributed by atoms with Gasteiger partial charge in [0.2, 0.25) is 5.95 Å². The Labute approximate surface area is 175 Å². The van der Waals surface area contributed by atoms with Crippen LogP contribution in [0.25, 0.3) is 11.0 Å². The summed E-state index contributed by atoms with van der Waals surface area (Å²) in [5.74, 6) is 0.681. The van der Waals surface area contributed by atoms with Crippen molar-refractivity contribution >= 4 is 23.1 Å². The van der Waals surface area contributed by atoms with Crippen molar-refractivity contribution in [2.45, 2.75) is 32.4 Å². The summed E-state index contributed by atoms with van der Waals surface area (Å²) < 4.78 is 20.7. The maximum Gasteiger partial charge on any atom is 0.409 e. The van der Waals surface area contributed by atoms with Crippen molar-refractivity contribution in [2.75, 3.05) is 31.6 Å². The molecule has 1 saturated heterocycles. The first-order valence-electron chi connectivity index (χ1n) is 10.4. The highest BCUT2D eigenvalue weighted by Crippen LogP contribution is 2.27. The maximum atomic E-state index is 13.3. The van der Waals surface area contributed by atoms with Gasteiger partial charge in [0, 0.05) is 26.2 Å². The standard InChI is InChI=1S/C23H27FN4O2/c1-3-30-23(29)26(2)19-12-14-27(15-13-19)22-25-20-6-4-5-7-21(20)28(22)16-17-8-10-18(24)11-9-17/h4-11,19H,3,12-16H2,1-2H3. The summed E-state index contributed by atoms with van der Waals surface area (Å²) >= 11 is 0. The number of halogens is 1. The number of rotatable bonds is 5. The lowest BCUT2D eigenvalue weighted by molar-refractivity contribution is 0.0961. The number of anilines is 1. The Kier molecular flexibility index (Phi) is 5.88. The van der Waals surface area contributed by atoms with Crippen LogP contribution in [0.1, 0.15) is 25.3 Å². The third-order valence-corrected chi connectivity index (χ3v) is 5.74. The largest absolute Gasteiger partial charge is 0.450 e. The summed E-state index contributed by atoms with van der Waals surface area (Å²) in [6.07, 6.45) is 1.45. The van der Waals surface area contributed by atoms with Crippen LogP contribution in [0.15, 0.2) is 48.5 Å². The summed E-state index contributed by atoms with van der Waals surface area (Å²) in [7, 11) is 1.81. The fourth-order valence-corrected chi connectivity index (χ4v) is 4.06. The number of fused-ring (bicyclic) bond motifs is 1. The minimum absolute atomic E-state index is 0.162. The van der Waals surface area contributed by atoms with Crippen molar-refractivity contribution in [3.8, 4) is 0 Å². The molecule has 0 radical (unpaired) electrons. The van der Waals surface area contributed by atoms with Crippen molar-refractivity contribution in [3.63, 3.8) is 0 Å². The number of carbonyl (C=O) groups is 1. The van der Waals surface area contributed by atoms with Crippen LogP contribution in [0, 0.1) is 5.82 Å². The molecule has 1 fully saturated rings. The van der Waals surface area contributed by atoms with Crippen LogP contribution in [-0.2, 0) is 11.3 Å². The van der Waals surface area contributed by atoms with Crippen LogP contribution in [0.4, 0.5) is 15.1 Å². The molecule has 4 rings (SSSR count). The molecule has 6 nitrogen and oxygen atoms in total. The van der Waals surface area contributed by atoms with Crippen LogP contribution in [-0.4, -0.2) is 53.3 Å². The summed E-state index contributed by atoms with van der Waals surface area (Å²) in [6.45, 7) is 4.44. The number of amides is 1. The van der Waals surface area contributed by atoms with E-state index < -0.39 is 0 Å². The highest BCUT2D eigenvalue weighted by Gasteiger charge is 2.28. The van der Waals surface area contributed by atoms with E-state index in [0.29, 0.717) is 13.2 Å². The molecule has 0 bridgehead atoms. The summed E-state index contributed by atoms with van der Waals surface area (Å²) in [6, 6.07) is 14.9. The molecule has 0 unspecified atom stereocenters. The zero-order chi connectivity index (χ0) is 21.1. The average molecular weight is 410 g/mol. The van der Waals surface area contributed by atoms with E-state index in [1.807, 2.05) is 44.3 Å². The molecule has 0 spiro atoms. The first kappa shape index (κ1) is 20.2. The number of ether oxygens (including phenoxy) is 1. The monoisotopic (exact) mass is 410 g/mol. The van der Waals surface area contributed by atoms with Gasteiger partial charge in [-0.3, -0.25) is 0 Å². The second-order valence-corrected chi connectivity index (χ2v) is 7.64. The highest BCUT2D eigenvalue weighted by molar-refractivity contribution is 5.79. The second kappa shape index (κ2) is 8.73. The molecule has 0 saturated carbocycles. The van der Waals surface area contributed by atoms with Gasteiger partial charge < -0.3 is 19.1 Å². The van der Waals surface area contributed by atoms with Crippen LogP contribution in [0.2, 0.25) is 0 Å². The van der Waals surface area contributed by atoms with Gasteiger partial charge in [-0.2, -0.15) is 0 Å². The fourth-order valence-electron chi connectivity index (χ4n) is 4.06. The zero-order valence-electron chi connectivity index (χ0n) is 17.4. The zero-order valence-corrected chi connectivity index (χ0v) is 17.4. The van der Waals surface area contributed by atoms with E-state index in [1.165, 1.54) is 12.1 Å². The quantitative estimate of drug-likeness (QED) is 0.630. The molecule has 1 aliphatic rings. The van der Waals surface area contributed by atoms with E-state index in [-0.39, 0.29) is 18.0 Å². The number of hydrogen-bond donors (Lipinski definition) is 0. The number of benzene rings is 2. The lowest BCUT2D eigenvalue weighted by Gasteiger charge is -2.36. The lowest BCUT2D eigenvalue weighted by Crippen LogP contribution is -2.46. The average Bonchev–Trinajstić information content (AvgIpc) is 3.13. The maximum absolute atomic E-state index is 13.3. The Hall–Kier alpha value is -3.09. The predicted octanol–water partition coefficient (Wildman–Crippen LogP) is 4.28. The fraction of sp³-hybridized carbons (Fsp3) is 0.391. The molecule has 0 aliphatic carbocycles. The number of nitrogens with zero attached hydrogens (tertiary/aromatic N) is 4. The molecule has 158 valence electrons. The van der Waals surface area contributed by atoms with Crippen LogP contribution < -0.4 is 4.90 Å². The van der Waals surface area contributed by atoms with Crippen LogP contribution >= 0.6 is 0 Å². The molecular formula is C23H27FN4O2. The Bertz CT molecular complexity index is 1010. The third-order valence-electron chi connectivity index (χ3n) is 5.74. The Morgan fingerprint density at radius 1 is 1.17 bits per heavy atom. The van der Waals surface area contributed by atoms with Crippen molar-refractivity contribution in [1.82, 2.24) is 14.5 Å². The molecule has 1 aromatic heterocycles. The minimum Gasteiger partial charge on any atom is -0.450 e. The number of aromatic nitrogens is 2. The van der Waals surface area contributed by atoms with Gasteiger partial charge in [-0.25, -0.2) is 14.2 Å². The van der Waals surface area contributed by atoms with Gasteiger partial charge in [0.25, 0.3) is 0 Å². The topological polar surface area (TPSA) is 50.6 Å². The van der Waals surface area contributed by atoms with E-state index >= 15 is 0 Å².